The Kier molecular flexibility index (Phi) is 6.59. The van der Waals surface area contributed by atoms with Crippen molar-refractivity contribution in [3.05, 3.63) is 74.5 Å². The summed E-state index contributed by atoms with van der Waals surface area (Å²) in [4.78, 5) is 33.4. The van der Waals surface area contributed by atoms with Crippen molar-refractivity contribution in [2.24, 2.45) is 5.73 Å². The number of nitrogens with zero attached hydrogens (tertiary/aromatic N) is 5. The molecule has 0 aliphatic carbocycles. The fraction of sp³-hybridized carbons (Fsp3) is 0.308. The van der Waals surface area contributed by atoms with Crippen LogP contribution in [0.3, 0.4) is 0 Å². The first-order valence-corrected chi connectivity index (χ1v) is 12.6. The van der Waals surface area contributed by atoms with Crippen LogP contribution in [0.25, 0.3) is 11.0 Å². The van der Waals surface area contributed by atoms with Gasteiger partial charge < -0.3 is 19.9 Å². The smallest absolute Gasteiger partial charge is 0.278 e. The fourth-order valence-corrected chi connectivity index (χ4v) is 5.42. The molecule has 0 saturated carbocycles. The molecule has 36 heavy (non-hydrogen) atoms. The SMILES string of the molecule is COc1cccc(C(=O)Cn2cnc3c(C#N)c(N4CCCC(N)C4)n(Cc4ccsc4)c3c2=O)c1. The average molecular weight is 503 g/mol. The van der Waals surface area contributed by atoms with Gasteiger partial charge in [0.25, 0.3) is 5.56 Å². The van der Waals surface area contributed by atoms with Crippen molar-refractivity contribution in [2.45, 2.75) is 32.0 Å². The second-order valence-electron chi connectivity index (χ2n) is 8.91. The van der Waals surface area contributed by atoms with Crippen LogP contribution in [0.15, 0.2) is 52.2 Å². The maximum atomic E-state index is 13.8. The first-order chi connectivity index (χ1) is 17.5. The largest absolute Gasteiger partial charge is 0.497 e. The molecule has 0 radical (unpaired) electrons. The van der Waals surface area contributed by atoms with Crippen LogP contribution in [-0.4, -0.2) is 46.1 Å². The number of nitrogens with two attached hydrogens (primary N) is 1. The molecule has 1 aliphatic rings. The minimum Gasteiger partial charge on any atom is -0.497 e. The number of nitriles is 1. The summed E-state index contributed by atoms with van der Waals surface area (Å²) in [6, 6.07) is 11.1. The van der Waals surface area contributed by atoms with Gasteiger partial charge in [0.05, 0.1) is 26.5 Å². The van der Waals surface area contributed by atoms with E-state index in [1.807, 2.05) is 21.4 Å². The number of methoxy groups -OCH3 is 1. The van der Waals surface area contributed by atoms with Crippen LogP contribution in [0.2, 0.25) is 0 Å². The second kappa shape index (κ2) is 9.97. The number of anilines is 1. The number of hydrogen-bond donors (Lipinski definition) is 1. The van der Waals surface area contributed by atoms with Crippen molar-refractivity contribution in [2.75, 3.05) is 25.1 Å². The first-order valence-electron chi connectivity index (χ1n) is 11.7. The standard InChI is InChI=1S/C26H26N6O3S/c1-35-20-6-2-4-18(10-20)22(33)14-31-16-29-23-21(11-27)25(30-8-3-5-19(28)13-30)32(24(23)26(31)34)12-17-7-9-36-15-17/h2,4,6-7,9-10,15-16,19H,3,5,8,12-14,28H2,1H3. The summed E-state index contributed by atoms with van der Waals surface area (Å²) < 4.78 is 8.39. The molecule has 1 aromatic carbocycles. The van der Waals surface area contributed by atoms with E-state index >= 15 is 0 Å². The summed E-state index contributed by atoms with van der Waals surface area (Å²) in [5.41, 5.74) is 8.37. The van der Waals surface area contributed by atoms with E-state index in [-0.39, 0.29) is 23.9 Å². The lowest BCUT2D eigenvalue weighted by molar-refractivity contribution is 0.0970. The zero-order chi connectivity index (χ0) is 25.2. The summed E-state index contributed by atoms with van der Waals surface area (Å²) in [5.74, 6) is 0.987. The number of aromatic nitrogens is 3. The van der Waals surface area contributed by atoms with Gasteiger partial charge in [-0.1, -0.05) is 12.1 Å². The molecule has 184 valence electrons. The van der Waals surface area contributed by atoms with Gasteiger partial charge in [-0.2, -0.15) is 16.6 Å². The van der Waals surface area contributed by atoms with Crippen LogP contribution in [-0.2, 0) is 13.1 Å². The molecule has 0 amide bonds. The Morgan fingerprint density at radius 3 is 2.94 bits per heavy atom. The van der Waals surface area contributed by atoms with E-state index in [2.05, 4.69) is 16.0 Å². The van der Waals surface area contributed by atoms with Crippen LogP contribution in [0.5, 0.6) is 5.75 Å². The molecule has 4 aromatic rings. The highest BCUT2D eigenvalue weighted by molar-refractivity contribution is 7.07. The van der Waals surface area contributed by atoms with Crippen LogP contribution in [0, 0.1) is 11.3 Å². The Labute approximate surface area is 212 Å². The molecule has 0 spiro atoms. The lowest BCUT2D eigenvalue weighted by atomic mass is 10.1. The van der Waals surface area contributed by atoms with E-state index in [9.17, 15) is 14.9 Å². The zero-order valence-corrected chi connectivity index (χ0v) is 20.7. The van der Waals surface area contributed by atoms with E-state index in [4.69, 9.17) is 10.5 Å². The lowest BCUT2D eigenvalue weighted by Gasteiger charge is -2.33. The van der Waals surface area contributed by atoms with E-state index < -0.39 is 0 Å². The number of ketones is 1. The number of carbonyl (C=O) groups excluding carboxylic acids is 1. The molecular formula is C26H26N6O3S. The van der Waals surface area contributed by atoms with Gasteiger partial charge >= 0.3 is 0 Å². The first kappa shape index (κ1) is 23.8. The number of rotatable bonds is 7. The number of thiophene rings is 1. The molecule has 10 heteroatoms. The Bertz CT molecular complexity index is 1520. The Morgan fingerprint density at radius 1 is 1.36 bits per heavy atom. The Morgan fingerprint density at radius 2 is 2.22 bits per heavy atom. The number of ether oxygens (including phenoxy) is 1. The van der Waals surface area contributed by atoms with Gasteiger partial charge in [-0.3, -0.25) is 14.2 Å². The molecule has 1 unspecified atom stereocenters. The maximum absolute atomic E-state index is 13.8. The lowest BCUT2D eigenvalue weighted by Crippen LogP contribution is -2.44. The third-order valence-corrected chi connectivity index (χ3v) is 7.23. The third kappa shape index (κ3) is 4.39. The monoisotopic (exact) mass is 502 g/mol. The van der Waals surface area contributed by atoms with Crippen molar-refractivity contribution in [3.63, 3.8) is 0 Å². The predicted molar refractivity (Wildman–Crippen MR) is 139 cm³/mol. The maximum Gasteiger partial charge on any atom is 0.278 e. The fourth-order valence-electron chi connectivity index (χ4n) is 4.76. The number of carbonyl (C=O) groups is 1. The normalized spacial score (nSPS) is 15.7. The molecule has 5 rings (SSSR count). The van der Waals surface area contributed by atoms with Crippen molar-refractivity contribution >= 4 is 34.0 Å². The number of Topliss-reactive ketones (excluding diaryl/α,β-unsaturated/α-hetero) is 1. The number of benzene rings is 1. The van der Waals surface area contributed by atoms with E-state index in [1.54, 1.807) is 35.6 Å². The highest BCUT2D eigenvalue weighted by Gasteiger charge is 2.29. The molecular weight excluding hydrogens is 476 g/mol. The summed E-state index contributed by atoms with van der Waals surface area (Å²) in [7, 11) is 1.53. The highest BCUT2D eigenvalue weighted by atomic mass is 32.1. The molecule has 2 N–H and O–H groups in total. The molecule has 3 aromatic heterocycles. The quantitative estimate of drug-likeness (QED) is 0.386. The van der Waals surface area contributed by atoms with Crippen molar-refractivity contribution < 1.29 is 9.53 Å². The van der Waals surface area contributed by atoms with Crippen LogP contribution >= 0.6 is 11.3 Å². The molecule has 4 heterocycles. The minimum atomic E-state index is -0.365. The van der Waals surface area contributed by atoms with Gasteiger partial charge in [-0.25, -0.2) is 4.98 Å². The van der Waals surface area contributed by atoms with E-state index in [1.165, 1.54) is 18.0 Å². The van der Waals surface area contributed by atoms with Crippen molar-refractivity contribution in [1.29, 1.82) is 5.26 Å². The minimum absolute atomic E-state index is 0.0111. The summed E-state index contributed by atoms with van der Waals surface area (Å²) in [5, 5.41) is 14.1. The van der Waals surface area contributed by atoms with Gasteiger partial charge in [0.15, 0.2) is 5.78 Å². The van der Waals surface area contributed by atoms with Crippen molar-refractivity contribution in [1.82, 2.24) is 14.1 Å². The predicted octanol–water partition coefficient (Wildman–Crippen LogP) is 3.00. The summed E-state index contributed by atoms with van der Waals surface area (Å²) in [6.45, 7) is 1.57. The number of hydrogen-bond acceptors (Lipinski definition) is 8. The molecule has 1 atom stereocenters. The van der Waals surface area contributed by atoms with Gasteiger partial charge in [-0.05, 0) is 47.4 Å². The van der Waals surface area contributed by atoms with E-state index in [0.717, 1.165) is 24.9 Å². The van der Waals surface area contributed by atoms with Gasteiger partial charge in [0, 0.05) is 24.7 Å². The third-order valence-electron chi connectivity index (χ3n) is 6.50. The summed E-state index contributed by atoms with van der Waals surface area (Å²) in [6.07, 6.45) is 3.17. The van der Waals surface area contributed by atoms with Crippen LogP contribution in [0.1, 0.15) is 34.3 Å². The van der Waals surface area contributed by atoms with E-state index in [0.29, 0.717) is 46.8 Å². The second-order valence-corrected chi connectivity index (χ2v) is 9.69. The molecule has 1 saturated heterocycles. The molecule has 1 fully saturated rings. The van der Waals surface area contributed by atoms with Crippen LogP contribution < -0.4 is 20.9 Å². The van der Waals surface area contributed by atoms with Crippen molar-refractivity contribution in [3.8, 4) is 11.8 Å². The molecule has 9 nitrogen and oxygen atoms in total. The highest BCUT2D eigenvalue weighted by Crippen LogP contribution is 2.32. The molecule has 1 aliphatic heterocycles. The average Bonchev–Trinajstić information content (AvgIpc) is 3.52. The van der Waals surface area contributed by atoms with Crippen LogP contribution in [0.4, 0.5) is 5.82 Å². The van der Waals surface area contributed by atoms with Gasteiger partial charge in [0.2, 0.25) is 0 Å². The number of fused-ring (bicyclic) bond motifs is 1. The topological polar surface area (TPSA) is 119 Å². The number of piperidine rings is 1. The Hall–Kier alpha value is -3.94. The molecule has 0 bridgehead atoms. The van der Waals surface area contributed by atoms with Gasteiger partial charge in [-0.15, -0.1) is 0 Å². The zero-order valence-electron chi connectivity index (χ0n) is 19.9. The van der Waals surface area contributed by atoms with Gasteiger partial charge in [0.1, 0.15) is 34.2 Å². The summed E-state index contributed by atoms with van der Waals surface area (Å²) >= 11 is 1.57. The Balaban J connectivity index is 1.63.